The van der Waals surface area contributed by atoms with Gasteiger partial charge in [-0.2, -0.15) is 0 Å². The van der Waals surface area contributed by atoms with E-state index in [0.29, 0.717) is 6.54 Å². The number of amides is 1. The van der Waals surface area contributed by atoms with E-state index in [4.69, 9.17) is 4.74 Å². The molecule has 0 bridgehead atoms. The molecule has 1 atom stereocenters. The van der Waals surface area contributed by atoms with Crippen LogP contribution in [0.2, 0.25) is 0 Å². The average molecular weight is 309 g/mol. The Morgan fingerprint density at radius 1 is 1.17 bits per heavy atom. The number of rotatable bonds is 5. The minimum absolute atomic E-state index is 0.0652. The summed E-state index contributed by atoms with van der Waals surface area (Å²) in [5.41, 5.74) is 1.34. The Morgan fingerprint density at radius 3 is 2.78 bits per heavy atom. The summed E-state index contributed by atoms with van der Waals surface area (Å²) in [5.74, 6) is 0.660. The zero-order chi connectivity index (χ0) is 16.1. The van der Waals surface area contributed by atoms with E-state index in [-0.39, 0.29) is 5.91 Å². The van der Waals surface area contributed by atoms with Gasteiger partial charge in [0.25, 0.3) is 5.91 Å². The lowest BCUT2D eigenvalue weighted by atomic mass is 10.00. The minimum Gasteiger partial charge on any atom is -0.481 e. The van der Waals surface area contributed by atoms with Gasteiger partial charge in [-0.25, -0.2) is 0 Å². The van der Waals surface area contributed by atoms with E-state index in [1.165, 1.54) is 23.8 Å². The van der Waals surface area contributed by atoms with Crippen LogP contribution in [0.4, 0.5) is 0 Å². The predicted octanol–water partition coefficient (Wildman–Crippen LogP) is 4.22. The topological polar surface area (TPSA) is 38.3 Å². The molecule has 0 saturated heterocycles. The Labute approximate surface area is 137 Å². The molecule has 0 radical (unpaired) electrons. The standard InChI is InChI=1S/C20H23NO2/c1-15(20(22)21-14-16-7-3-2-4-8-16)23-19-12-11-17-9-5-6-10-18(17)13-19/h5-7,9-13,15H,2-4,8,14H2,1H3,(H,21,22). The Morgan fingerprint density at radius 2 is 2.00 bits per heavy atom. The maximum atomic E-state index is 12.2. The Hall–Kier alpha value is -2.29. The highest BCUT2D eigenvalue weighted by atomic mass is 16.5. The summed E-state index contributed by atoms with van der Waals surface area (Å²) in [4.78, 5) is 12.2. The van der Waals surface area contributed by atoms with Crippen molar-refractivity contribution >= 4 is 16.7 Å². The van der Waals surface area contributed by atoms with Crippen LogP contribution in [0.5, 0.6) is 5.75 Å². The number of ether oxygens (including phenoxy) is 1. The number of fused-ring (bicyclic) bond motifs is 1. The van der Waals surface area contributed by atoms with Gasteiger partial charge in [-0.3, -0.25) is 4.79 Å². The fourth-order valence-electron chi connectivity index (χ4n) is 2.91. The Balaban J connectivity index is 1.57. The number of allylic oxidation sites excluding steroid dienone is 1. The summed E-state index contributed by atoms with van der Waals surface area (Å²) in [7, 11) is 0. The second kappa shape index (κ2) is 7.32. The zero-order valence-corrected chi connectivity index (χ0v) is 13.5. The lowest BCUT2D eigenvalue weighted by Crippen LogP contribution is -2.37. The van der Waals surface area contributed by atoms with E-state index in [2.05, 4.69) is 17.5 Å². The van der Waals surface area contributed by atoms with Crippen molar-refractivity contribution in [1.29, 1.82) is 0 Å². The largest absolute Gasteiger partial charge is 0.481 e. The molecule has 1 unspecified atom stereocenters. The normalized spacial score (nSPS) is 15.8. The number of carbonyl (C=O) groups excluding carboxylic acids is 1. The molecule has 0 aromatic heterocycles. The molecule has 120 valence electrons. The first-order valence-electron chi connectivity index (χ1n) is 8.33. The first-order chi connectivity index (χ1) is 11.2. The maximum absolute atomic E-state index is 12.2. The van der Waals surface area contributed by atoms with E-state index in [1.54, 1.807) is 6.92 Å². The second-order valence-electron chi connectivity index (χ2n) is 6.09. The van der Waals surface area contributed by atoms with Gasteiger partial charge in [-0.05, 0) is 55.5 Å². The molecular weight excluding hydrogens is 286 g/mol. The van der Waals surface area contributed by atoms with Gasteiger partial charge in [0, 0.05) is 6.54 Å². The summed E-state index contributed by atoms with van der Waals surface area (Å²) in [6.07, 6.45) is 6.47. The van der Waals surface area contributed by atoms with Crippen LogP contribution in [-0.4, -0.2) is 18.6 Å². The molecule has 1 amide bonds. The van der Waals surface area contributed by atoms with Gasteiger partial charge in [0.1, 0.15) is 5.75 Å². The Kier molecular flexibility index (Phi) is 4.96. The van der Waals surface area contributed by atoms with Crippen molar-refractivity contribution in [2.45, 2.75) is 38.7 Å². The van der Waals surface area contributed by atoms with Crippen LogP contribution in [-0.2, 0) is 4.79 Å². The molecule has 2 aromatic carbocycles. The number of hydrogen-bond donors (Lipinski definition) is 1. The molecule has 1 aliphatic rings. The highest BCUT2D eigenvalue weighted by molar-refractivity contribution is 5.84. The van der Waals surface area contributed by atoms with Crippen LogP contribution >= 0.6 is 0 Å². The highest BCUT2D eigenvalue weighted by Gasteiger charge is 2.15. The van der Waals surface area contributed by atoms with Crippen molar-refractivity contribution in [2.24, 2.45) is 0 Å². The van der Waals surface area contributed by atoms with Crippen molar-refractivity contribution in [3.8, 4) is 5.75 Å². The van der Waals surface area contributed by atoms with E-state index in [0.717, 1.165) is 24.0 Å². The molecule has 3 rings (SSSR count). The third-order valence-corrected chi connectivity index (χ3v) is 4.28. The molecule has 2 aromatic rings. The number of benzene rings is 2. The van der Waals surface area contributed by atoms with Gasteiger partial charge in [-0.1, -0.05) is 42.0 Å². The molecule has 3 nitrogen and oxygen atoms in total. The Bertz CT molecular complexity index is 720. The molecule has 23 heavy (non-hydrogen) atoms. The van der Waals surface area contributed by atoms with Gasteiger partial charge in [0.05, 0.1) is 0 Å². The monoisotopic (exact) mass is 309 g/mol. The van der Waals surface area contributed by atoms with E-state index in [1.807, 2.05) is 36.4 Å². The first-order valence-corrected chi connectivity index (χ1v) is 8.33. The number of nitrogens with one attached hydrogen (secondary N) is 1. The fourth-order valence-corrected chi connectivity index (χ4v) is 2.91. The van der Waals surface area contributed by atoms with Crippen LogP contribution in [0, 0.1) is 0 Å². The van der Waals surface area contributed by atoms with Crippen LogP contribution in [0.25, 0.3) is 10.8 Å². The summed E-state index contributed by atoms with van der Waals surface area (Å²) in [5, 5.41) is 5.26. The van der Waals surface area contributed by atoms with Gasteiger partial charge in [0.15, 0.2) is 6.10 Å². The minimum atomic E-state index is -0.500. The average Bonchev–Trinajstić information content (AvgIpc) is 2.60. The lowest BCUT2D eigenvalue weighted by molar-refractivity contribution is -0.127. The molecule has 0 saturated carbocycles. The van der Waals surface area contributed by atoms with Crippen LogP contribution in [0.3, 0.4) is 0 Å². The van der Waals surface area contributed by atoms with Crippen LogP contribution in [0.1, 0.15) is 32.6 Å². The first kappa shape index (κ1) is 15.6. The number of hydrogen-bond acceptors (Lipinski definition) is 2. The number of carbonyl (C=O) groups is 1. The van der Waals surface area contributed by atoms with Crippen LogP contribution < -0.4 is 10.1 Å². The predicted molar refractivity (Wildman–Crippen MR) is 93.6 cm³/mol. The third kappa shape index (κ3) is 4.13. The zero-order valence-electron chi connectivity index (χ0n) is 13.5. The summed E-state index contributed by atoms with van der Waals surface area (Å²) >= 11 is 0. The molecule has 0 spiro atoms. The van der Waals surface area contributed by atoms with Crippen molar-refractivity contribution in [3.63, 3.8) is 0 Å². The van der Waals surface area contributed by atoms with Crippen LogP contribution in [0.15, 0.2) is 54.1 Å². The lowest BCUT2D eigenvalue weighted by Gasteiger charge is -2.17. The van der Waals surface area contributed by atoms with E-state index in [9.17, 15) is 4.79 Å². The van der Waals surface area contributed by atoms with Gasteiger partial charge in [-0.15, -0.1) is 0 Å². The van der Waals surface area contributed by atoms with Gasteiger partial charge in [0.2, 0.25) is 0 Å². The molecule has 1 aliphatic carbocycles. The van der Waals surface area contributed by atoms with Gasteiger partial charge < -0.3 is 10.1 Å². The molecular formula is C20H23NO2. The second-order valence-corrected chi connectivity index (χ2v) is 6.09. The molecule has 0 fully saturated rings. The smallest absolute Gasteiger partial charge is 0.261 e. The molecule has 1 N–H and O–H groups in total. The van der Waals surface area contributed by atoms with Crippen molar-refractivity contribution < 1.29 is 9.53 Å². The quantitative estimate of drug-likeness (QED) is 0.840. The van der Waals surface area contributed by atoms with Crippen molar-refractivity contribution in [3.05, 3.63) is 54.1 Å². The molecule has 0 aliphatic heterocycles. The third-order valence-electron chi connectivity index (χ3n) is 4.28. The summed E-state index contributed by atoms with van der Waals surface area (Å²) in [6.45, 7) is 2.43. The highest BCUT2D eigenvalue weighted by Crippen LogP contribution is 2.21. The van der Waals surface area contributed by atoms with Crippen molar-refractivity contribution in [2.75, 3.05) is 6.54 Å². The fraction of sp³-hybridized carbons (Fsp3) is 0.350. The molecule has 3 heteroatoms. The molecule has 0 heterocycles. The SMILES string of the molecule is CC(Oc1ccc2ccccc2c1)C(=O)NCC1=CCCCC1. The summed E-state index contributed by atoms with van der Waals surface area (Å²) in [6, 6.07) is 14.0. The van der Waals surface area contributed by atoms with E-state index >= 15 is 0 Å². The van der Waals surface area contributed by atoms with E-state index < -0.39 is 6.10 Å². The summed E-state index contributed by atoms with van der Waals surface area (Å²) < 4.78 is 5.79. The van der Waals surface area contributed by atoms with Crippen molar-refractivity contribution in [1.82, 2.24) is 5.32 Å². The maximum Gasteiger partial charge on any atom is 0.261 e. The van der Waals surface area contributed by atoms with Gasteiger partial charge >= 0.3 is 0 Å².